The molecule has 1 amide bonds. The molecule has 0 aliphatic carbocycles. The predicted molar refractivity (Wildman–Crippen MR) is 78.3 cm³/mol. The first kappa shape index (κ1) is 13.6. The Kier molecular flexibility index (Phi) is 4.35. The number of carbonyl (C=O) groups excluding carboxylic acids is 1. The van der Waals surface area contributed by atoms with E-state index in [0.29, 0.717) is 17.8 Å². The Balaban J connectivity index is 1.95. The molecule has 1 heterocycles. The van der Waals surface area contributed by atoms with E-state index in [0.717, 1.165) is 0 Å². The van der Waals surface area contributed by atoms with Gasteiger partial charge in [-0.25, -0.2) is 0 Å². The van der Waals surface area contributed by atoms with Gasteiger partial charge in [0.05, 0.1) is 0 Å². The van der Waals surface area contributed by atoms with Gasteiger partial charge in [-0.1, -0.05) is 18.1 Å². The van der Waals surface area contributed by atoms with E-state index >= 15 is 0 Å². The highest BCUT2D eigenvalue weighted by Gasteiger charge is 2.03. The molecular formula is C16H14N2O2. The summed E-state index contributed by atoms with van der Waals surface area (Å²) in [5.74, 6) is 2.35. The van der Waals surface area contributed by atoms with Gasteiger partial charge in [0.2, 0.25) is 5.91 Å². The molecular weight excluding hydrogens is 252 g/mol. The van der Waals surface area contributed by atoms with Crippen LogP contribution >= 0.6 is 0 Å². The summed E-state index contributed by atoms with van der Waals surface area (Å²) in [6.07, 6.45) is 7.19. The molecule has 1 aromatic carbocycles. The lowest BCUT2D eigenvalue weighted by Crippen LogP contribution is -2.21. The summed E-state index contributed by atoms with van der Waals surface area (Å²) in [6, 6.07) is 12.0. The van der Waals surface area contributed by atoms with Gasteiger partial charge in [-0.3, -0.25) is 9.59 Å². The average Bonchev–Trinajstić information content (AvgIpc) is 2.46. The summed E-state index contributed by atoms with van der Waals surface area (Å²) in [5.41, 5.74) is 1.25. The number of nitrogens with one attached hydrogen (secondary N) is 1. The van der Waals surface area contributed by atoms with Crippen molar-refractivity contribution in [1.29, 1.82) is 0 Å². The monoisotopic (exact) mass is 266 g/mol. The second kappa shape index (κ2) is 6.39. The molecule has 0 fully saturated rings. The van der Waals surface area contributed by atoms with Gasteiger partial charge in [0.25, 0.3) is 5.56 Å². The number of rotatable bonds is 4. The molecule has 20 heavy (non-hydrogen) atoms. The van der Waals surface area contributed by atoms with Gasteiger partial charge in [0, 0.05) is 36.5 Å². The first-order chi connectivity index (χ1) is 9.69. The van der Waals surface area contributed by atoms with Crippen molar-refractivity contribution in [2.45, 2.75) is 13.0 Å². The fourth-order valence-electron chi connectivity index (χ4n) is 1.78. The van der Waals surface area contributed by atoms with Crippen molar-refractivity contribution >= 4 is 11.6 Å². The Labute approximate surface area is 117 Å². The minimum Gasteiger partial charge on any atom is -0.326 e. The fraction of sp³-hybridized carbons (Fsp3) is 0.125. The number of aryl methyl sites for hydroxylation is 1. The second-order valence-corrected chi connectivity index (χ2v) is 4.26. The molecule has 0 aliphatic rings. The van der Waals surface area contributed by atoms with Crippen LogP contribution in [0, 0.1) is 12.3 Å². The Morgan fingerprint density at radius 2 is 2.10 bits per heavy atom. The Morgan fingerprint density at radius 3 is 2.85 bits per heavy atom. The number of amides is 1. The predicted octanol–water partition coefficient (Wildman–Crippen LogP) is 1.86. The number of benzene rings is 1. The summed E-state index contributed by atoms with van der Waals surface area (Å²) in [7, 11) is 0. The molecule has 0 atom stereocenters. The van der Waals surface area contributed by atoms with Crippen LogP contribution < -0.4 is 10.9 Å². The van der Waals surface area contributed by atoms with Crippen LogP contribution in [-0.4, -0.2) is 10.5 Å². The quantitative estimate of drug-likeness (QED) is 0.859. The lowest BCUT2D eigenvalue weighted by molar-refractivity contribution is -0.116. The van der Waals surface area contributed by atoms with Gasteiger partial charge in [0.15, 0.2) is 0 Å². The van der Waals surface area contributed by atoms with Crippen LogP contribution in [0.25, 0.3) is 0 Å². The number of nitrogens with zero attached hydrogens (tertiary/aromatic N) is 1. The van der Waals surface area contributed by atoms with E-state index in [1.165, 1.54) is 10.6 Å². The molecule has 2 aromatic rings. The zero-order valence-electron chi connectivity index (χ0n) is 10.9. The van der Waals surface area contributed by atoms with Crippen molar-refractivity contribution < 1.29 is 4.79 Å². The number of anilines is 1. The molecule has 2 rings (SSSR count). The number of carbonyl (C=O) groups is 1. The number of terminal acetylenes is 1. The van der Waals surface area contributed by atoms with Crippen molar-refractivity contribution in [2.75, 3.05) is 5.32 Å². The summed E-state index contributed by atoms with van der Waals surface area (Å²) < 4.78 is 1.50. The Hall–Kier alpha value is -2.80. The van der Waals surface area contributed by atoms with E-state index in [-0.39, 0.29) is 17.9 Å². The van der Waals surface area contributed by atoms with Gasteiger partial charge in [-0.05, 0) is 24.3 Å². The van der Waals surface area contributed by atoms with Crippen LogP contribution in [0.1, 0.15) is 12.0 Å². The number of aromatic nitrogens is 1. The molecule has 1 aromatic heterocycles. The Morgan fingerprint density at radius 1 is 1.25 bits per heavy atom. The van der Waals surface area contributed by atoms with E-state index in [4.69, 9.17) is 6.42 Å². The first-order valence-electron chi connectivity index (χ1n) is 6.21. The first-order valence-corrected chi connectivity index (χ1v) is 6.21. The molecule has 0 aliphatic heterocycles. The minimum absolute atomic E-state index is 0.116. The van der Waals surface area contributed by atoms with Gasteiger partial charge in [-0.15, -0.1) is 6.42 Å². The third kappa shape index (κ3) is 3.59. The molecule has 0 radical (unpaired) electrons. The van der Waals surface area contributed by atoms with Crippen molar-refractivity contribution in [3.63, 3.8) is 0 Å². The van der Waals surface area contributed by atoms with E-state index in [1.807, 2.05) is 0 Å². The molecule has 0 bridgehead atoms. The summed E-state index contributed by atoms with van der Waals surface area (Å²) in [6.45, 7) is 0.348. The third-order valence-corrected chi connectivity index (χ3v) is 2.79. The molecule has 100 valence electrons. The van der Waals surface area contributed by atoms with E-state index in [9.17, 15) is 9.59 Å². The van der Waals surface area contributed by atoms with E-state index < -0.39 is 0 Å². The number of hydrogen-bond donors (Lipinski definition) is 1. The van der Waals surface area contributed by atoms with Gasteiger partial charge in [-0.2, -0.15) is 0 Å². The van der Waals surface area contributed by atoms with Gasteiger partial charge < -0.3 is 9.88 Å². The molecule has 0 unspecified atom stereocenters. The molecule has 0 spiro atoms. The van der Waals surface area contributed by atoms with Gasteiger partial charge >= 0.3 is 0 Å². The standard InChI is InChI=1S/C16H14N2O2/c1-2-13-6-5-7-14(12-13)17-15(19)9-11-18-10-4-3-8-16(18)20/h1,3-8,10,12H,9,11H2,(H,17,19). The zero-order chi connectivity index (χ0) is 14.4. The molecule has 4 heteroatoms. The smallest absolute Gasteiger partial charge is 0.250 e. The summed E-state index contributed by atoms with van der Waals surface area (Å²) >= 11 is 0. The molecule has 1 N–H and O–H groups in total. The van der Waals surface area contributed by atoms with Crippen molar-refractivity contribution in [3.05, 3.63) is 64.6 Å². The summed E-state index contributed by atoms with van der Waals surface area (Å²) in [4.78, 5) is 23.3. The van der Waals surface area contributed by atoms with Crippen LogP contribution in [0.4, 0.5) is 5.69 Å². The highest BCUT2D eigenvalue weighted by atomic mass is 16.1. The zero-order valence-corrected chi connectivity index (χ0v) is 10.9. The molecule has 0 saturated carbocycles. The fourth-order valence-corrected chi connectivity index (χ4v) is 1.78. The van der Waals surface area contributed by atoms with E-state index in [1.54, 1.807) is 42.6 Å². The largest absolute Gasteiger partial charge is 0.326 e. The van der Waals surface area contributed by atoms with Crippen LogP contribution in [-0.2, 0) is 11.3 Å². The van der Waals surface area contributed by atoms with Crippen molar-refractivity contribution in [1.82, 2.24) is 4.57 Å². The van der Waals surface area contributed by atoms with Crippen LogP contribution in [0.3, 0.4) is 0 Å². The molecule has 0 saturated heterocycles. The normalized spacial score (nSPS) is 9.75. The van der Waals surface area contributed by atoms with Gasteiger partial charge in [0.1, 0.15) is 0 Å². The Bertz CT molecular complexity index is 711. The van der Waals surface area contributed by atoms with E-state index in [2.05, 4.69) is 11.2 Å². The maximum atomic E-state index is 11.8. The highest BCUT2D eigenvalue weighted by molar-refractivity contribution is 5.90. The van der Waals surface area contributed by atoms with Crippen LogP contribution in [0.2, 0.25) is 0 Å². The lowest BCUT2D eigenvalue weighted by atomic mass is 10.2. The third-order valence-electron chi connectivity index (χ3n) is 2.79. The number of hydrogen-bond acceptors (Lipinski definition) is 2. The minimum atomic E-state index is -0.157. The second-order valence-electron chi connectivity index (χ2n) is 4.26. The molecule has 4 nitrogen and oxygen atoms in total. The highest BCUT2D eigenvalue weighted by Crippen LogP contribution is 2.10. The summed E-state index contributed by atoms with van der Waals surface area (Å²) in [5, 5.41) is 2.76. The SMILES string of the molecule is C#Cc1cccc(NC(=O)CCn2ccccc2=O)c1. The average molecular weight is 266 g/mol. The van der Waals surface area contributed by atoms with Crippen LogP contribution in [0.5, 0.6) is 0 Å². The number of pyridine rings is 1. The maximum Gasteiger partial charge on any atom is 0.250 e. The lowest BCUT2D eigenvalue weighted by Gasteiger charge is -2.07. The topological polar surface area (TPSA) is 51.1 Å². The van der Waals surface area contributed by atoms with Crippen LogP contribution in [0.15, 0.2) is 53.5 Å². The maximum absolute atomic E-state index is 11.8. The van der Waals surface area contributed by atoms with Crippen molar-refractivity contribution in [3.8, 4) is 12.3 Å². The van der Waals surface area contributed by atoms with Crippen molar-refractivity contribution in [2.24, 2.45) is 0 Å².